The molecule has 9 nitrogen and oxygen atoms in total. The number of nitrogens with one attached hydrogen (secondary N) is 1. The fraction of sp³-hybridized carbons (Fsp3) is 0.484. The van der Waals surface area contributed by atoms with Crippen LogP contribution in [-0.2, 0) is 26.3 Å². The molecule has 6 rings (SSSR count). The van der Waals surface area contributed by atoms with Gasteiger partial charge in [0.2, 0.25) is 0 Å². The molecule has 0 radical (unpaired) electrons. The van der Waals surface area contributed by atoms with Crippen LogP contribution in [0.1, 0.15) is 65.6 Å². The Kier molecular flexibility index (Phi) is 8.08. The van der Waals surface area contributed by atoms with Crippen molar-refractivity contribution in [2.45, 2.75) is 50.5 Å². The summed E-state index contributed by atoms with van der Waals surface area (Å²) in [5, 5.41) is 1.69. The van der Waals surface area contributed by atoms with E-state index in [4.69, 9.17) is 16.3 Å². The van der Waals surface area contributed by atoms with E-state index in [9.17, 15) is 18.0 Å². The number of fused-ring (bicyclic) bond motifs is 4. The zero-order valence-electron chi connectivity index (χ0n) is 24.0. The Bertz CT molecular complexity index is 1620. The predicted octanol–water partition coefficient (Wildman–Crippen LogP) is 4.42. The fourth-order valence-electron chi connectivity index (χ4n) is 6.79. The van der Waals surface area contributed by atoms with Crippen molar-refractivity contribution < 1.29 is 22.7 Å². The van der Waals surface area contributed by atoms with Crippen LogP contribution in [0.15, 0.2) is 53.1 Å². The van der Waals surface area contributed by atoms with Crippen LogP contribution in [0.25, 0.3) is 10.9 Å². The Morgan fingerprint density at radius 2 is 1.79 bits per heavy atom. The number of benzene rings is 1. The van der Waals surface area contributed by atoms with E-state index in [1.807, 2.05) is 24.3 Å². The van der Waals surface area contributed by atoms with Crippen molar-refractivity contribution in [2.75, 3.05) is 40.4 Å². The summed E-state index contributed by atoms with van der Waals surface area (Å²) in [4.78, 5) is 28.8. The van der Waals surface area contributed by atoms with Crippen LogP contribution in [0.2, 0.25) is 0 Å². The number of likely N-dealkylation sites (N-methyl/N-ethyl adjacent to an activating group) is 2. The summed E-state index contributed by atoms with van der Waals surface area (Å²) in [5.41, 5.74) is 4.13. The molecular weight excluding hydrogens is 576 g/mol. The number of carbonyl (C=O) groups excluding carboxylic acids is 2. The Balaban J connectivity index is 1.57. The van der Waals surface area contributed by atoms with Crippen LogP contribution >= 0.6 is 11.6 Å². The van der Waals surface area contributed by atoms with Gasteiger partial charge in [0.05, 0.1) is 19.8 Å². The minimum absolute atomic E-state index is 0.0346. The zero-order chi connectivity index (χ0) is 29.6. The van der Waals surface area contributed by atoms with Crippen molar-refractivity contribution in [1.82, 2.24) is 18.5 Å². The largest absolute Gasteiger partial charge is 0.378 e. The van der Waals surface area contributed by atoms with Gasteiger partial charge in [0.25, 0.3) is 11.8 Å². The SMILES string of the molecule is CN1CCOCCN(C)S(=O)(=O)NC(=O)c2ccc3c(C4CCCCC4)c4n(c3c2)CC(=CC2C=C(Cl)C=CC42)C1=O. The van der Waals surface area contributed by atoms with E-state index in [0.29, 0.717) is 29.6 Å². The fourth-order valence-corrected chi connectivity index (χ4v) is 7.83. The van der Waals surface area contributed by atoms with Gasteiger partial charge in [-0.3, -0.25) is 9.59 Å². The molecule has 2 unspecified atom stereocenters. The van der Waals surface area contributed by atoms with Gasteiger partial charge < -0.3 is 14.2 Å². The molecule has 2 aliphatic heterocycles. The van der Waals surface area contributed by atoms with E-state index in [2.05, 4.69) is 15.4 Å². The quantitative estimate of drug-likeness (QED) is 0.514. The van der Waals surface area contributed by atoms with Crippen LogP contribution in [-0.4, -0.2) is 74.4 Å². The third kappa shape index (κ3) is 5.45. The number of nitrogens with zero attached hydrogens (tertiary/aromatic N) is 3. The third-order valence-electron chi connectivity index (χ3n) is 9.06. The maximum atomic E-state index is 13.9. The van der Waals surface area contributed by atoms with Crippen LogP contribution in [0.4, 0.5) is 0 Å². The van der Waals surface area contributed by atoms with Crippen molar-refractivity contribution in [3.8, 4) is 0 Å². The van der Waals surface area contributed by atoms with Gasteiger partial charge in [-0.15, -0.1) is 0 Å². The zero-order valence-corrected chi connectivity index (χ0v) is 25.6. The number of ether oxygens (including phenoxy) is 1. The lowest BCUT2D eigenvalue weighted by atomic mass is 9.77. The number of carbonyl (C=O) groups is 2. The van der Waals surface area contributed by atoms with Crippen molar-refractivity contribution in [2.24, 2.45) is 5.92 Å². The molecule has 42 heavy (non-hydrogen) atoms. The van der Waals surface area contributed by atoms with Gasteiger partial charge in [-0.2, -0.15) is 12.7 Å². The van der Waals surface area contributed by atoms with Crippen molar-refractivity contribution in [3.63, 3.8) is 0 Å². The van der Waals surface area contributed by atoms with E-state index >= 15 is 0 Å². The lowest BCUT2D eigenvalue weighted by Gasteiger charge is -2.28. The molecule has 1 fully saturated rings. The van der Waals surface area contributed by atoms with Gasteiger partial charge in [-0.25, -0.2) is 4.72 Å². The number of halogens is 1. The number of allylic oxidation sites excluding steroid dienone is 5. The molecule has 2 amide bonds. The van der Waals surface area contributed by atoms with E-state index in [1.54, 1.807) is 24.1 Å². The van der Waals surface area contributed by atoms with E-state index in [1.165, 1.54) is 19.0 Å². The summed E-state index contributed by atoms with van der Waals surface area (Å²) < 4.78 is 37.0. The monoisotopic (exact) mass is 612 g/mol. The number of hydrogen-bond donors (Lipinski definition) is 1. The normalized spacial score (nSPS) is 26.0. The first-order valence-corrected chi connectivity index (χ1v) is 16.5. The summed E-state index contributed by atoms with van der Waals surface area (Å²) in [5.74, 6) is -0.574. The minimum Gasteiger partial charge on any atom is -0.378 e. The summed E-state index contributed by atoms with van der Waals surface area (Å²) in [6.07, 6.45) is 13.8. The second-order valence-corrected chi connectivity index (χ2v) is 14.0. The molecular formula is C31H37ClN4O5S. The molecule has 0 saturated heterocycles. The first kappa shape index (κ1) is 29.2. The summed E-state index contributed by atoms with van der Waals surface area (Å²) in [6, 6.07) is 5.44. The molecule has 0 spiro atoms. The van der Waals surface area contributed by atoms with Crippen molar-refractivity contribution in [1.29, 1.82) is 0 Å². The van der Waals surface area contributed by atoms with E-state index in [0.717, 1.165) is 46.6 Å². The molecule has 1 saturated carbocycles. The highest BCUT2D eigenvalue weighted by Crippen LogP contribution is 2.48. The third-order valence-corrected chi connectivity index (χ3v) is 10.8. The van der Waals surface area contributed by atoms with Crippen LogP contribution in [0, 0.1) is 5.92 Å². The summed E-state index contributed by atoms with van der Waals surface area (Å²) in [7, 11) is -0.919. The molecule has 11 heteroatoms. The molecule has 2 aliphatic carbocycles. The summed E-state index contributed by atoms with van der Waals surface area (Å²) >= 11 is 6.51. The lowest BCUT2D eigenvalue weighted by Crippen LogP contribution is -2.42. The minimum atomic E-state index is -4.08. The Labute approximate surface area is 252 Å². The Hall–Kier alpha value is -2.92. The first-order valence-electron chi connectivity index (χ1n) is 14.7. The molecule has 1 aromatic carbocycles. The average Bonchev–Trinajstić information content (AvgIpc) is 3.18. The molecule has 3 heterocycles. The second kappa shape index (κ2) is 11.6. The maximum Gasteiger partial charge on any atom is 0.303 e. The van der Waals surface area contributed by atoms with Crippen LogP contribution in [0.5, 0.6) is 0 Å². The van der Waals surface area contributed by atoms with Crippen molar-refractivity contribution >= 4 is 44.5 Å². The van der Waals surface area contributed by atoms with Gasteiger partial charge in [0, 0.05) is 71.8 Å². The molecule has 1 N–H and O–H groups in total. The topological polar surface area (TPSA) is 101 Å². The van der Waals surface area contributed by atoms with Gasteiger partial charge in [0.15, 0.2) is 0 Å². The number of hydrogen-bond acceptors (Lipinski definition) is 5. The molecule has 224 valence electrons. The van der Waals surface area contributed by atoms with Crippen molar-refractivity contribution in [3.05, 3.63) is 69.9 Å². The highest BCUT2D eigenvalue weighted by molar-refractivity contribution is 7.87. The predicted molar refractivity (Wildman–Crippen MR) is 163 cm³/mol. The lowest BCUT2D eigenvalue weighted by molar-refractivity contribution is -0.126. The van der Waals surface area contributed by atoms with Crippen LogP contribution in [0.3, 0.4) is 0 Å². The van der Waals surface area contributed by atoms with Gasteiger partial charge in [0.1, 0.15) is 0 Å². The van der Waals surface area contributed by atoms with E-state index < -0.39 is 16.1 Å². The maximum absolute atomic E-state index is 13.9. The number of aromatic nitrogens is 1. The molecule has 1 aromatic heterocycles. The average molecular weight is 613 g/mol. The second-order valence-electron chi connectivity index (χ2n) is 11.8. The smallest absolute Gasteiger partial charge is 0.303 e. The Morgan fingerprint density at radius 3 is 2.57 bits per heavy atom. The highest BCUT2D eigenvalue weighted by atomic mass is 35.5. The van der Waals surface area contributed by atoms with Gasteiger partial charge >= 0.3 is 10.2 Å². The number of rotatable bonds is 1. The molecule has 2 aromatic rings. The Morgan fingerprint density at radius 1 is 1.02 bits per heavy atom. The van der Waals surface area contributed by atoms with Gasteiger partial charge in [-0.1, -0.05) is 55.2 Å². The standard InChI is InChI=1S/C31H37ClN4O5S/c1-34-12-14-41-15-13-35(2)42(39,40)33-30(37)21-8-10-26-27(18-21)36-19-23(31(34)38)16-22-17-24(32)9-11-25(22)29(36)28(26)20-6-4-3-5-7-20/h8-11,16-18,20,22,25H,3-7,12-15,19H2,1-2H3,(H,33,37). The molecule has 2 atom stereocenters. The molecule has 4 aliphatic rings. The molecule has 4 bridgehead atoms. The first-order chi connectivity index (χ1) is 20.1. The van der Waals surface area contributed by atoms with Gasteiger partial charge in [-0.05, 0) is 42.5 Å². The van der Waals surface area contributed by atoms with Crippen LogP contribution < -0.4 is 4.72 Å². The van der Waals surface area contributed by atoms with E-state index in [-0.39, 0.29) is 43.1 Å². The summed E-state index contributed by atoms with van der Waals surface area (Å²) in [6.45, 7) is 1.12. The highest BCUT2D eigenvalue weighted by Gasteiger charge is 2.36. The number of amides is 2.